The van der Waals surface area contributed by atoms with Crippen molar-refractivity contribution in [3.05, 3.63) is 16.9 Å². The largest absolute Gasteiger partial charge is 0.353 e. The quantitative estimate of drug-likeness (QED) is 0.920. The molecule has 1 aliphatic heterocycles. The highest BCUT2D eigenvalue weighted by atomic mass is 79.9. The monoisotopic (exact) mass is 284 g/mol. The molecule has 0 amide bonds. The van der Waals surface area contributed by atoms with E-state index in [0.29, 0.717) is 12.0 Å². The molecule has 1 aromatic rings. The lowest BCUT2D eigenvalue weighted by Crippen LogP contribution is -2.34. The lowest BCUT2D eigenvalue weighted by Gasteiger charge is -2.22. The van der Waals surface area contributed by atoms with E-state index in [1.54, 1.807) is 12.4 Å². The zero-order valence-corrected chi connectivity index (χ0v) is 11.1. The molecule has 1 N–H and O–H groups in total. The van der Waals surface area contributed by atoms with Gasteiger partial charge in [0.1, 0.15) is 0 Å². The number of likely N-dealkylation sites (tertiary alicyclic amines) is 1. The second-order valence-corrected chi connectivity index (χ2v) is 4.95. The first-order valence-corrected chi connectivity index (χ1v) is 6.54. The first-order valence-electron chi connectivity index (χ1n) is 5.75. The lowest BCUT2D eigenvalue weighted by molar-refractivity contribution is 0.277. The number of nitrogens with one attached hydrogen (secondary N) is 1. The van der Waals surface area contributed by atoms with Gasteiger partial charge in [0.15, 0.2) is 0 Å². The summed E-state index contributed by atoms with van der Waals surface area (Å²) in [5.74, 6) is 0.714. The van der Waals surface area contributed by atoms with Crippen molar-refractivity contribution in [1.29, 1.82) is 0 Å². The van der Waals surface area contributed by atoms with Crippen LogP contribution in [0.4, 0.5) is 5.95 Å². The summed E-state index contributed by atoms with van der Waals surface area (Å²) in [7, 11) is 0. The molecule has 1 aliphatic rings. The van der Waals surface area contributed by atoms with E-state index >= 15 is 0 Å². The second kappa shape index (κ2) is 5.59. The van der Waals surface area contributed by atoms with E-state index in [0.717, 1.165) is 17.6 Å². The number of hydrogen-bond acceptors (Lipinski definition) is 4. The van der Waals surface area contributed by atoms with Gasteiger partial charge in [0, 0.05) is 25.0 Å². The van der Waals surface area contributed by atoms with Crippen molar-refractivity contribution in [2.24, 2.45) is 0 Å². The summed E-state index contributed by atoms with van der Waals surface area (Å²) in [4.78, 5) is 10.9. The molecule has 88 valence electrons. The number of nitrogens with zero attached hydrogens (tertiary/aromatic N) is 3. The van der Waals surface area contributed by atoms with Gasteiger partial charge in [0.2, 0.25) is 5.95 Å². The van der Waals surface area contributed by atoms with E-state index in [1.165, 1.54) is 19.4 Å². The van der Waals surface area contributed by atoms with E-state index in [-0.39, 0.29) is 0 Å². The van der Waals surface area contributed by atoms with E-state index in [9.17, 15) is 0 Å². The molecule has 1 fully saturated rings. The van der Waals surface area contributed by atoms with Gasteiger partial charge in [0.25, 0.3) is 0 Å². The zero-order valence-electron chi connectivity index (χ0n) is 9.49. The van der Waals surface area contributed by atoms with Crippen LogP contribution in [0.5, 0.6) is 0 Å². The van der Waals surface area contributed by atoms with E-state index in [4.69, 9.17) is 0 Å². The van der Waals surface area contributed by atoms with Gasteiger partial charge in [-0.15, -0.1) is 0 Å². The minimum absolute atomic E-state index is 0.636. The molecular formula is C11H17BrN4. The van der Waals surface area contributed by atoms with Gasteiger partial charge in [-0.3, -0.25) is 4.90 Å². The zero-order chi connectivity index (χ0) is 11.4. The van der Waals surface area contributed by atoms with Crippen LogP contribution in [0.3, 0.4) is 0 Å². The maximum atomic E-state index is 4.20. The number of halogens is 1. The van der Waals surface area contributed by atoms with Crippen LogP contribution in [0.25, 0.3) is 0 Å². The molecule has 1 unspecified atom stereocenters. The first-order chi connectivity index (χ1) is 7.79. The van der Waals surface area contributed by atoms with Gasteiger partial charge in [-0.05, 0) is 41.9 Å². The highest BCUT2D eigenvalue weighted by Crippen LogP contribution is 2.16. The highest BCUT2D eigenvalue weighted by molar-refractivity contribution is 9.10. The Morgan fingerprint density at radius 2 is 2.25 bits per heavy atom. The van der Waals surface area contributed by atoms with Crippen LogP contribution in [0.1, 0.15) is 19.8 Å². The first kappa shape index (κ1) is 11.8. The molecule has 5 heteroatoms. The summed E-state index contributed by atoms with van der Waals surface area (Å²) < 4.78 is 0.911. The van der Waals surface area contributed by atoms with Gasteiger partial charge >= 0.3 is 0 Å². The van der Waals surface area contributed by atoms with Crippen molar-refractivity contribution in [3.63, 3.8) is 0 Å². The van der Waals surface area contributed by atoms with Gasteiger partial charge in [-0.1, -0.05) is 6.92 Å². The van der Waals surface area contributed by atoms with Crippen LogP contribution in [0.15, 0.2) is 16.9 Å². The van der Waals surface area contributed by atoms with Crippen molar-refractivity contribution in [2.75, 3.05) is 25.0 Å². The number of rotatable bonds is 4. The van der Waals surface area contributed by atoms with Crippen LogP contribution in [0.2, 0.25) is 0 Å². The molecule has 2 rings (SSSR count). The number of anilines is 1. The summed E-state index contributed by atoms with van der Waals surface area (Å²) >= 11 is 3.32. The fourth-order valence-electron chi connectivity index (χ4n) is 2.16. The smallest absolute Gasteiger partial charge is 0.222 e. The molecular weight excluding hydrogens is 268 g/mol. The van der Waals surface area contributed by atoms with Crippen molar-refractivity contribution < 1.29 is 0 Å². The summed E-state index contributed by atoms with van der Waals surface area (Å²) in [6.07, 6.45) is 6.11. The average molecular weight is 285 g/mol. The minimum atomic E-state index is 0.636. The third kappa shape index (κ3) is 2.92. The molecule has 2 heterocycles. The van der Waals surface area contributed by atoms with Crippen molar-refractivity contribution in [2.45, 2.75) is 25.8 Å². The standard InChI is InChI=1S/C11H17BrN4/c1-2-16-5-3-4-10(16)8-15-11-13-6-9(12)7-14-11/h6-7,10H,2-5,8H2,1H3,(H,13,14,15). The number of aromatic nitrogens is 2. The predicted molar refractivity (Wildman–Crippen MR) is 68.5 cm³/mol. The van der Waals surface area contributed by atoms with Crippen LogP contribution in [-0.2, 0) is 0 Å². The number of hydrogen-bond donors (Lipinski definition) is 1. The predicted octanol–water partition coefficient (Wildman–Crippen LogP) is 2.14. The van der Waals surface area contributed by atoms with E-state index in [1.807, 2.05) is 0 Å². The highest BCUT2D eigenvalue weighted by Gasteiger charge is 2.22. The molecule has 1 aromatic heterocycles. The Bertz CT molecular complexity index is 327. The Labute approximate surface area is 105 Å². The van der Waals surface area contributed by atoms with E-state index < -0.39 is 0 Å². The van der Waals surface area contributed by atoms with Crippen LogP contribution in [-0.4, -0.2) is 40.5 Å². The Morgan fingerprint density at radius 3 is 2.94 bits per heavy atom. The SMILES string of the molecule is CCN1CCCC1CNc1ncc(Br)cn1. The molecule has 4 nitrogen and oxygen atoms in total. The maximum absolute atomic E-state index is 4.20. The van der Waals surface area contributed by atoms with Crippen LogP contribution in [0, 0.1) is 0 Å². The summed E-state index contributed by atoms with van der Waals surface area (Å²) in [6.45, 7) is 5.52. The third-order valence-corrected chi connectivity index (χ3v) is 3.43. The van der Waals surface area contributed by atoms with Gasteiger partial charge < -0.3 is 5.32 Å². The van der Waals surface area contributed by atoms with Gasteiger partial charge in [-0.25, -0.2) is 9.97 Å². The van der Waals surface area contributed by atoms with E-state index in [2.05, 4.69) is 43.0 Å². The lowest BCUT2D eigenvalue weighted by atomic mass is 10.2. The molecule has 1 atom stereocenters. The van der Waals surface area contributed by atoms with Crippen LogP contribution < -0.4 is 5.32 Å². The Morgan fingerprint density at radius 1 is 1.50 bits per heavy atom. The minimum Gasteiger partial charge on any atom is -0.353 e. The Kier molecular flexibility index (Phi) is 4.12. The summed E-state index contributed by atoms with van der Waals surface area (Å²) in [5.41, 5.74) is 0. The molecule has 16 heavy (non-hydrogen) atoms. The summed E-state index contributed by atoms with van der Waals surface area (Å²) in [5, 5.41) is 3.29. The molecule has 0 aromatic carbocycles. The van der Waals surface area contributed by atoms with Crippen molar-refractivity contribution >= 4 is 21.9 Å². The fraction of sp³-hybridized carbons (Fsp3) is 0.636. The third-order valence-electron chi connectivity index (χ3n) is 3.02. The molecule has 0 radical (unpaired) electrons. The molecule has 0 spiro atoms. The summed E-state index contributed by atoms with van der Waals surface area (Å²) in [6, 6.07) is 0.636. The fourth-order valence-corrected chi connectivity index (χ4v) is 2.36. The number of likely N-dealkylation sites (N-methyl/N-ethyl adjacent to an activating group) is 1. The van der Waals surface area contributed by atoms with Gasteiger partial charge in [-0.2, -0.15) is 0 Å². The van der Waals surface area contributed by atoms with Crippen molar-refractivity contribution in [1.82, 2.24) is 14.9 Å². The molecule has 0 aliphatic carbocycles. The second-order valence-electron chi connectivity index (χ2n) is 4.03. The molecule has 0 bridgehead atoms. The maximum Gasteiger partial charge on any atom is 0.222 e. The van der Waals surface area contributed by atoms with Gasteiger partial charge in [0.05, 0.1) is 4.47 Å². The molecule has 1 saturated heterocycles. The Hall–Kier alpha value is -0.680. The average Bonchev–Trinajstić information content (AvgIpc) is 2.76. The molecule has 0 saturated carbocycles. The van der Waals surface area contributed by atoms with Crippen molar-refractivity contribution in [3.8, 4) is 0 Å². The Balaban J connectivity index is 1.85. The van der Waals surface area contributed by atoms with Crippen LogP contribution >= 0.6 is 15.9 Å². The topological polar surface area (TPSA) is 41.0 Å². The normalized spacial score (nSPS) is 21.2.